The standard InChI is InChI=1S/C35H40F2N4O4/c1-20-14-25-32(23(4)42)39-40-19-31(45)41-28(29(44)16-27-21(2)9-10-22(3)38-27)17-34(18-30(34)41)13-11-24(43)8-6-5-7-12-35(36,37)26(15-20)33(25)40/h9-10,14-15,28,30H,5-8,11-13,16-19H2,1-4H3/t28-,30+,34-/m0/s1. The number of pyridine rings is 1. The number of Topliss-reactive ketones (excluding diaryl/α,β-unsaturated/α-hetero) is 3. The number of benzene rings is 1. The van der Waals surface area contributed by atoms with Gasteiger partial charge in [-0.15, -0.1) is 0 Å². The Morgan fingerprint density at radius 1 is 1.00 bits per heavy atom. The summed E-state index contributed by atoms with van der Waals surface area (Å²) in [6.07, 6.45) is 3.34. The Labute approximate surface area is 261 Å². The van der Waals surface area contributed by atoms with E-state index in [9.17, 15) is 19.2 Å². The minimum atomic E-state index is -3.24. The van der Waals surface area contributed by atoms with Crippen LogP contribution in [0.2, 0.25) is 0 Å². The summed E-state index contributed by atoms with van der Waals surface area (Å²) in [5.41, 5.74) is 2.45. The zero-order valence-electron chi connectivity index (χ0n) is 26.4. The third kappa shape index (κ3) is 5.84. The lowest BCUT2D eigenvalue weighted by Gasteiger charge is -2.27. The highest BCUT2D eigenvalue weighted by Crippen LogP contribution is 2.62. The highest BCUT2D eigenvalue weighted by atomic mass is 19.3. The maximum absolute atomic E-state index is 15.9. The Morgan fingerprint density at radius 3 is 2.53 bits per heavy atom. The maximum atomic E-state index is 15.9. The van der Waals surface area contributed by atoms with Crippen molar-refractivity contribution in [3.05, 3.63) is 58.0 Å². The zero-order valence-corrected chi connectivity index (χ0v) is 26.4. The van der Waals surface area contributed by atoms with E-state index in [0.29, 0.717) is 61.6 Å². The van der Waals surface area contributed by atoms with Crippen LogP contribution in [0.5, 0.6) is 0 Å². The monoisotopic (exact) mass is 618 g/mol. The van der Waals surface area contributed by atoms with Crippen molar-refractivity contribution in [2.24, 2.45) is 5.41 Å². The van der Waals surface area contributed by atoms with Crippen LogP contribution < -0.4 is 0 Å². The number of rotatable bonds is 4. The van der Waals surface area contributed by atoms with Crippen molar-refractivity contribution in [2.45, 2.75) is 116 Å². The second-order valence-corrected chi connectivity index (χ2v) is 13.5. The van der Waals surface area contributed by atoms with Gasteiger partial charge in [0.05, 0.1) is 23.7 Å². The third-order valence-corrected chi connectivity index (χ3v) is 10.1. The molecule has 10 heteroatoms. The minimum absolute atomic E-state index is 0.0438. The molecule has 2 fully saturated rings. The van der Waals surface area contributed by atoms with E-state index < -0.39 is 24.3 Å². The molecule has 2 aliphatic heterocycles. The predicted octanol–water partition coefficient (Wildman–Crippen LogP) is 6.14. The molecule has 0 spiro atoms. The molecule has 1 saturated heterocycles. The highest BCUT2D eigenvalue weighted by molar-refractivity contribution is 6.06. The van der Waals surface area contributed by atoms with Gasteiger partial charge in [0.15, 0.2) is 11.6 Å². The number of ketones is 3. The largest absolute Gasteiger partial charge is 0.327 e. The number of aromatic nitrogens is 3. The first-order chi connectivity index (χ1) is 21.3. The van der Waals surface area contributed by atoms with Crippen molar-refractivity contribution in [3.63, 3.8) is 0 Å². The fourth-order valence-corrected chi connectivity index (χ4v) is 7.59. The zero-order chi connectivity index (χ0) is 32.3. The van der Waals surface area contributed by atoms with Crippen molar-refractivity contribution in [1.29, 1.82) is 0 Å². The second-order valence-electron chi connectivity index (χ2n) is 13.5. The van der Waals surface area contributed by atoms with Crippen molar-refractivity contribution in [1.82, 2.24) is 19.7 Å². The van der Waals surface area contributed by atoms with Gasteiger partial charge in [-0.1, -0.05) is 12.5 Å². The lowest BCUT2D eigenvalue weighted by Crippen LogP contribution is -2.45. The molecule has 1 amide bonds. The van der Waals surface area contributed by atoms with Crippen molar-refractivity contribution in [2.75, 3.05) is 0 Å². The van der Waals surface area contributed by atoms with Crippen molar-refractivity contribution < 1.29 is 28.0 Å². The van der Waals surface area contributed by atoms with E-state index >= 15 is 8.78 Å². The molecule has 6 rings (SSSR count). The molecule has 3 aromatic rings. The second kappa shape index (κ2) is 11.5. The average Bonchev–Trinajstić information content (AvgIpc) is 3.39. The van der Waals surface area contributed by atoms with Crippen LogP contribution in [0, 0.1) is 26.2 Å². The van der Waals surface area contributed by atoms with Gasteiger partial charge in [-0.3, -0.25) is 28.8 Å². The maximum Gasteiger partial charge on any atom is 0.275 e. The van der Waals surface area contributed by atoms with Gasteiger partial charge < -0.3 is 4.90 Å². The van der Waals surface area contributed by atoms with E-state index in [1.165, 1.54) is 17.7 Å². The number of hydrogen-bond acceptors (Lipinski definition) is 6. The lowest BCUT2D eigenvalue weighted by molar-refractivity contribution is -0.139. The Morgan fingerprint density at radius 2 is 1.78 bits per heavy atom. The van der Waals surface area contributed by atoms with Crippen LogP contribution in [0.1, 0.15) is 103 Å². The number of halogens is 2. The molecule has 0 N–H and O–H groups in total. The fourth-order valence-electron chi connectivity index (χ4n) is 7.59. The molecule has 238 valence electrons. The van der Waals surface area contributed by atoms with Gasteiger partial charge in [-0.25, -0.2) is 8.78 Å². The van der Waals surface area contributed by atoms with Gasteiger partial charge in [0.25, 0.3) is 5.92 Å². The van der Waals surface area contributed by atoms with E-state index in [0.717, 1.165) is 11.3 Å². The van der Waals surface area contributed by atoms with Crippen LogP contribution in [0.3, 0.4) is 0 Å². The molecular formula is C35H40F2N4O4. The predicted molar refractivity (Wildman–Crippen MR) is 164 cm³/mol. The minimum Gasteiger partial charge on any atom is -0.327 e. The lowest BCUT2D eigenvalue weighted by atomic mass is 9.89. The summed E-state index contributed by atoms with van der Waals surface area (Å²) < 4.78 is 33.1. The molecule has 0 radical (unpaired) electrons. The average molecular weight is 619 g/mol. The molecule has 3 aliphatic rings. The van der Waals surface area contributed by atoms with E-state index in [-0.39, 0.29) is 65.0 Å². The van der Waals surface area contributed by atoms with Crippen LogP contribution in [0.4, 0.5) is 8.78 Å². The molecule has 4 heterocycles. The summed E-state index contributed by atoms with van der Waals surface area (Å²) in [4.78, 5) is 59.8. The summed E-state index contributed by atoms with van der Waals surface area (Å²) in [5, 5.41) is 4.73. The number of carbonyl (C=O) groups is 4. The number of aryl methyl sites for hydroxylation is 3. The molecule has 1 aliphatic carbocycles. The summed E-state index contributed by atoms with van der Waals surface area (Å²) in [6, 6.07) is 5.96. The van der Waals surface area contributed by atoms with Gasteiger partial charge in [0, 0.05) is 48.9 Å². The molecule has 1 saturated carbocycles. The fraction of sp³-hybridized carbons (Fsp3) is 0.543. The van der Waals surface area contributed by atoms with E-state index in [1.807, 2.05) is 26.0 Å². The normalized spacial score (nSPS) is 25.2. The quantitative estimate of drug-likeness (QED) is 0.326. The smallest absolute Gasteiger partial charge is 0.275 e. The van der Waals surface area contributed by atoms with Crippen LogP contribution in [0.15, 0.2) is 24.3 Å². The first kappa shape index (κ1) is 31.2. The first-order valence-corrected chi connectivity index (χ1v) is 16.0. The summed E-state index contributed by atoms with van der Waals surface area (Å²) in [5.74, 6) is -4.07. The van der Waals surface area contributed by atoms with Crippen LogP contribution >= 0.6 is 0 Å². The first-order valence-electron chi connectivity index (χ1n) is 16.0. The Hall–Kier alpha value is -3.82. The number of amides is 1. The van der Waals surface area contributed by atoms with E-state index in [4.69, 9.17) is 0 Å². The van der Waals surface area contributed by atoms with Crippen molar-refractivity contribution in [3.8, 4) is 0 Å². The molecule has 8 nitrogen and oxygen atoms in total. The molecule has 2 bridgehead atoms. The highest BCUT2D eigenvalue weighted by Gasteiger charge is 2.66. The number of hydrogen-bond donors (Lipinski definition) is 0. The Balaban J connectivity index is 1.42. The van der Waals surface area contributed by atoms with Gasteiger partial charge in [0.1, 0.15) is 18.0 Å². The van der Waals surface area contributed by atoms with Gasteiger partial charge in [-0.2, -0.15) is 5.10 Å². The molecule has 0 unspecified atom stereocenters. The van der Waals surface area contributed by atoms with Crippen molar-refractivity contribution >= 4 is 34.2 Å². The molecular weight excluding hydrogens is 578 g/mol. The Bertz CT molecular complexity index is 1730. The van der Waals surface area contributed by atoms with Gasteiger partial charge >= 0.3 is 0 Å². The van der Waals surface area contributed by atoms with E-state index in [2.05, 4.69) is 10.1 Å². The summed E-state index contributed by atoms with van der Waals surface area (Å²) >= 11 is 0. The van der Waals surface area contributed by atoms with Gasteiger partial charge in [0.2, 0.25) is 5.91 Å². The molecule has 1 aromatic carbocycles. The van der Waals surface area contributed by atoms with Crippen LogP contribution in [-0.4, -0.2) is 55.0 Å². The number of carbonyl (C=O) groups excluding carboxylic acids is 4. The van der Waals surface area contributed by atoms with E-state index in [1.54, 1.807) is 17.9 Å². The molecule has 2 aromatic heterocycles. The molecule has 3 atom stereocenters. The van der Waals surface area contributed by atoms with Crippen LogP contribution in [0.25, 0.3) is 10.9 Å². The SMILES string of the molecule is CC(=O)c1nn2c3c(cc(C)cc13)C(F)(F)CCCCCC(=O)CC[C@@]13C[C@@H](C(=O)Cc4nc(C)ccc4C)N(C(=O)C2)[C@@H]1C3. The number of piperidine rings is 1. The summed E-state index contributed by atoms with van der Waals surface area (Å²) in [7, 11) is 0. The Kier molecular flexibility index (Phi) is 7.98. The number of nitrogens with zero attached hydrogens (tertiary/aromatic N) is 4. The van der Waals surface area contributed by atoms with Crippen LogP contribution in [-0.2, 0) is 33.3 Å². The molecule has 45 heavy (non-hydrogen) atoms. The van der Waals surface area contributed by atoms with Gasteiger partial charge in [-0.05, 0) is 87.6 Å². The summed E-state index contributed by atoms with van der Waals surface area (Å²) in [6.45, 7) is 6.42. The topological polar surface area (TPSA) is 102 Å². The number of alkyl halides is 2. The third-order valence-electron chi connectivity index (χ3n) is 10.1.